The molecule has 0 heterocycles. The van der Waals surface area contributed by atoms with Gasteiger partial charge in [-0.3, -0.25) is 0 Å². The molecule has 0 N–H and O–H groups in total. The van der Waals surface area contributed by atoms with Crippen molar-refractivity contribution >= 4 is 20.7 Å². The number of hydrogen-bond donors (Lipinski definition) is 0. The molecule has 0 bridgehead atoms. The Morgan fingerprint density at radius 1 is 1.40 bits per heavy atom. The van der Waals surface area contributed by atoms with Crippen LogP contribution >= 0.6 is 0 Å². The van der Waals surface area contributed by atoms with Crippen LogP contribution in [-0.2, 0) is 4.74 Å². The quantitative estimate of drug-likeness (QED) is 0.465. The predicted octanol–water partition coefficient (Wildman–Crippen LogP) is 2.15. The molecule has 0 amide bonds. The summed E-state index contributed by atoms with van der Waals surface area (Å²) in [6.45, 7) is 0.503. The summed E-state index contributed by atoms with van der Waals surface area (Å²) in [7, 11) is 1.63. The van der Waals surface area contributed by atoms with Crippen molar-refractivity contribution in [2.24, 2.45) is 0 Å². The Morgan fingerprint density at radius 3 is 2.60 bits per heavy atom. The van der Waals surface area contributed by atoms with E-state index >= 15 is 0 Å². The van der Waals surface area contributed by atoms with Crippen LogP contribution in [0.1, 0.15) is 10.4 Å². The van der Waals surface area contributed by atoms with Gasteiger partial charge in [0.25, 0.3) is 0 Å². The van der Waals surface area contributed by atoms with Crippen LogP contribution in [0.2, 0.25) is 5.82 Å². The molecular weight excluding hydrogens is 255 g/mol. The molecule has 1 aromatic carbocycles. The van der Waals surface area contributed by atoms with E-state index < -0.39 is 0 Å². The van der Waals surface area contributed by atoms with Gasteiger partial charge in [0.15, 0.2) is 0 Å². The van der Waals surface area contributed by atoms with Gasteiger partial charge >= 0.3 is 96.3 Å². The number of allylic oxidation sites excluding steroid dienone is 1. The molecule has 0 spiro atoms. The van der Waals surface area contributed by atoms with E-state index in [0.717, 1.165) is 10.0 Å². The van der Waals surface area contributed by atoms with Gasteiger partial charge in [-0.15, -0.1) is 0 Å². The van der Waals surface area contributed by atoms with Crippen LogP contribution in [-0.4, -0.2) is 34.5 Å². The maximum absolute atomic E-state index is 12.0. The van der Waals surface area contributed by atoms with Crippen LogP contribution in [0, 0.1) is 0 Å². The topological polar surface area (TPSA) is 26.3 Å². The number of carbonyl (C=O) groups is 1. The second-order valence-corrected chi connectivity index (χ2v) is 4.70. The molecule has 80 valence electrons. The molecule has 1 rings (SSSR count). The molecule has 0 aliphatic carbocycles. The SMILES string of the molecule is COC/C=C(\[Se]C)C(=O)c1ccccc1. The maximum atomic E-state index is 12.0. The number of ether oxygens (including phenoxy) is 1. The summed E-state index contributed by atoms with van der Waals surface area (Å²) in [5.41, 5.74) is 0.753. The third-order valence-corrected chi connectivity index (χ3v) is 3.58. The predicted molar refractivity (Wildman–Crippen MR) is 62.3 cm³/mol. The zero-order valence-electron chi connectivity index (χ0n) is 8.90. The molecule has 0 unspecified atom stereocenters. The molecule has 0 saturated carbocycles. The number of hydrogen-bond acceptors (Lipinski definition) is 2. The summed E-state index contributed by atoms with van der Waals surface area (Å²) in [5.74, 6) is 2.16. The van der Waals surface area contributed by atoms with Crippen molar-refractivity contribution in [3.05, 3.63) is 46.4 Å². The molecule has 0 fully saturated rings. The number of Topliss-reactive ketones (excluding diaryl/α,β-unsaturated/α-hetero) is 1. The van der Waals surface area contributed by atoms with E-state index in [-0.39, 0.29) is 20.7 Å². The van der Waals surface area contributed by atoms with Crippen molar-refractivity contribution in [3.8, 4) is 0 Å². The third kappa shape index (κ3) is 3.63. The van der Waals surface area contributed by atoms with Crippen molar-refractivity contribution in [2.75, 3.05) is 13.7 Å². The van der Waals surface area contributed by atoms with E-state index in [1.165, 1.54) is 0 Å². The van der Waals surface area contributed by atoms with E-state index in [1.807, 2.05) is 42.2 Å². The van der Waals surface area contributed by atoms with Crippen molar-refractivity contribution in [3.63, 3.8) is 0 Å². The van der Waals surface area contributed by atoms with Crippen molar-refractivity contribution in [2.45, 2.75) is 5.82 Å². The summed E-state index contributed by atoms with van der Waals surface area (Å²) in [6.07, 6.45) is 1.87. The van der Waals surface area contributed by atoms with Gasteiger partial charge in [0.05, 0.1) is 0 Å². The molecule has 2 nitrogen and oxygen atoms in total. The van der Waals surface area contributed by atoms with Crippen LogP contribution in [0.15, 0.2) is 40.9 Å². The van der Waals surface area contributed by atoms with Crippen LogP contribution in [0.25, 0.3) is 0 Å². The molecule has 3 heteroatoms. The van der Waals surface area contributed by atoms with E-state index in [1.54, 1.807) is 7.11 Å². The van der Waals surface area contributed by atoms with Gasteiger partial charge in [-0.25, -0.2) is 0 Å². The Morgan fingerprint density at radius 2 is 2.07 bits per heavy atom. The molecule has 0 aromatic heterocycles. The van der Waals surface area contributed by atoms with Crippen molar-refractivity contribution in [1.29, 1.82) is 0 Å². The zero-order valence-corrected chi connectivity index (χ0v) is 10.6. The van der Waals surface area contributed by atoms with Crippen LogP contribution in [0.4, 0.5) is 0 Å². The molecule has 0 aliphatic heterocycles. The first kappa shape index (κ1) is 12.2. The van der Waals surface area contributed by atoms with Gasteiger partial charge in [-0.1, -0.05) is 0 Å². The first-order chi connectivity index (χ1) is 7.29. The number of carbonyl (C=O) groups excluding carboxylic acids is 1. The van der Waals surface area contributed by atoms with E-state index in [0.29, 0.717) is 6.61 Å². The first-order valence-electron chi connectivity index (χ1n) is 4.62. The Kier molecular flexibility index (Phi) is 5.33. The molecule has 15 heavy (non-hydrogen) atoms. The average Bonchev–Trinajstić information content (AvgIpc) is 2.31. The molecule has 0 atom stereocenters. The molecule has 1 aromatic rings. The summed E-state index contributed by atoms with van der Waals surface area (Å²) in [6, 6.07) is 9.35. The summed E-state index contributed by atoms with van der Waals surface area (Å²) < 4.78 is 5.81. The zero-order chi connectivity index (χ0) is 11.1. The van der Waals surface area contributed by atoms with Gasteiger partial charge in [-0.2, -0.15) is 0 Å². The Hall–Kier alpha value is -0.891. The van der Waals surface area contributed by atoms with E-state index in [2.05, 4.69) is 0 Å². The van der Waals surface area contributed by atoms with Crippen LogP contribution in [0.5, 0.6) is 0 Å². The summed E-state index contributed by atoms with van der Waals surface area (Å²) in [4.78, 5) is 12.0. The molecule has 0 aliphatic rings. The standard InChI is InChI=1S/C12H14O2Se/c1-14-9-8-11(15-2)12(13)10-6-4-3-5-7-10/h3-8H,9H2,1-2H3/b11-8-. The van der Waals surface area contributed by atoms with Gasteiger partial charge in [0.1, 0.15) is 0 Å². The third-order valence-electron chi connectivity index (χ3n) is 1.92. The Labute approximate surface area is 96.5 Å². The number of rotatable bonds is 5. The number of methoxy groups -OCH3 is 1. The fourth-order valence-electron chi connectivity index (χ4n) is 1.16. The van der Waals surface area contributed by atoms with Gasteiger partial charge in [0, 0.05) is 0 Å². The fourth-order valence-corrected chi connectivity index (χ4v) is 2.29. The van der Waals surface area contributed by atoms with Crippen LogP contribution < -0.4 is 0 Å². The van der Waals surface area contributed by atoms with Crippen molar-refractivity contribution in [1.82, 2.24) is 0 Å². The minimum atomic E-state index is 0.121. The number of benzene rings is 1. The monoisotopic (exact) mass is 270 g/mol. The second-order valence-electron chi connectivity index (χ2n) is 2.92. The summed E-state index contributed by atoms with van der Waals surface area (Å²) in [5, 5.41) is 0. The van der Waals surface area contributed by atoms with Gasteiger partial charge < -0.3 is 0 Å². The van der Waals surface area contributed by atoms with E-state index in [9.17, 15) is 4.79 Å². The first-order valence-corrected chi connectivity index (χ1v) is 7.19. The molecule has 0 radical (unpaired) electrons. The van der Waals surface area contributed by atoms with E-state index in [4.69, 9.17) is 4.74 Å². The number of ketones is 1. The summed E-state index contributed by atoms with van der Waals surface area (Å²) >= 11 is 0.200. The van der Waals surface area contributed by atoms with Crippen LogP contribution in [0.3, 0.4) is 0 Å². The Balaban J connectivity index is 2.83. The van der Waals surface area contributed by atoms with Crippen molar-refractivity contribution < 1.29 is 9.53 Å². The molecule has 0 saturated heterocycles. The van der Waals surface area contributed by atoms with Gasteiger partial charge in [0.2, 0.25) is 0 Å². The average molecular weight is 269 g/mol. The normalized spacial score (nSPS) is 11.5. The molecular formula is C12H14O2Se. The minimum absolute atomic E-state index is 0.121. The Bertz CT molecular complexity index is 344. The van der Waals surface area contributed by atoms with Gasteiger partial charge in [-0.05, 0) is 0 Å². The second kappa shape index (κ2) is 6.57. The fraction of sp³-hybridized carbons (Fsp3) is 0.250.